The van der Waals surface area contributed by atoms with Gasteiger partial charge < -0.3 is 5.32 Å². The van der Waals surface area contributed by atoms with E-state index in [9.17, 15) is 0 Å². The van der Waals surface area contributed by atoms with Gasteiger partial charge in [-0.05, 0) is 38.5 Å². The molecule has 0 atom stereocenters. The maximum Gasteiger partial charge on any atom is 0.156 e. The Balaban J connectivity index is 2.57. The lowest BCUT2D eigenvalue weighted by molar-refractivity contribution is 0.316. The topological polar surface area (TPSA) is 24.4 Å². The predicted octanol–water partition coefficient (Wildman–Crippen LogP) is 4.06. The van der Waals surface area contributed by atoms with Crippen LogP contribution in [0.2, 0.25) is 0 Å². The van der Waals surface area contributed by atoms with Crippen molar-refractivity contribution in [1.29, 1.82) is 0 Å². The molecule has 3 heteroatoms. The van der Waals surface area contributed by atoms with Crippen LogP contribution in [0, 0.1) is 5.41 Å². The van der Waals surface area contributed by atoms with Gasteiger partial charge in [0, 0.05) is 17.8 Å². The van der Waals surface area contributed by atoms with Gasteiger partial charge in [-0.25, -0.2) is 0 Å². The first-order valence-corrected chi connectivity index (χ1v) is 7.91. The highest BCUT2D eigenvalue weighted by molar-refractivity contribution is 8.13. The third kappa shape index (κ3) is 4.20. The SMILES string of the molecule is CCCC(C)(C)NC1=NCC(CC)(CC)CS1. The molecule has 0 fully saturated rings. The maximum absolute atomic E-state index is 4.76. The second kappa shape index (κ2) is 6.12. The molecule has 0 saturated carbocycles. The monoisotopic (exact) mass is 256 g/mol. The minimum Gasteiger partial charge on any atom is -0.360 e. The average Bonchev–Trinajstić information content (AvgIpc) is 2.30. The molecule has 0 bridgehead atoms. The largest absolute Gasteiger partial charge is 0.360 e. The molecule has 2 nitrogen and oxygen atoms in total. The zero-order valence-corrected chi connectivity index (χ0v) is 12.9. The molecule has 17 heavy (non-hydrogen) atoms. The molecule has 1 rings (SSSR count). The van der Waals surface area contributed by atoms with Crippen LogP contribution in [0.15, 0.2) is 4.99 Å². The van der Waals surface area contributed by atoms with Crippen LogP contribution in [0.3, 0.4) is 0 Å². The molecular formula is C14H28N2S. The molecule has 1 N–H and O–H groups in total. The predicted molar refractivity (Wildman–Crippen MR) is 79.9 cm³/mol. The smallest absolute Gasteiger partial charge is 0.156 e. The standard InChI is InChI=1S/C14H28N2S/c1-6-9-13(4,5)16-12-15-10-14(7-2,8-3)11-17-12/h6-11H2,1-5H3,(H,15,16). The molecule has 0 aromatic carbocycles. The lowest BCUT2D eigenvalue weighted by Gasteiger charge is -2.36. The molecule has 0 aliphatic carbocycles. The molecule has 0 radical (unpaired) electrons. The van der Waals surface area contributed by atoms with Gasteiger partial charge in [0.25, 0.3) is 0 Å². The van der Waals surface area contributed by atoms with E-state index in [1.807, 2.05) is 11.8 Å². The van der Waals surface area contributed by atoms with Gasteiger partial charge >= 0.3 is 0 Å². The van der Waals surface area contributed by atoms with Crippen LogP contribution in [0.1, 0.15) is 60.3 Å². The molecule has 0 unspecified atom stereocenters. The number of nitrogens with zero attached hydrogens (tertiary/aromatic N) is 1. The van der Waals surface area contributed by atoms with Crippen molar-refractivity contribution in [2.45, 2.75) is 65.8 Å². The van der Waals surface area contributed by atoms with Gasteiger partial charge in [-0.15, -0.1) is 0 Å². The third-order valence-corrected chi connectivity index (χ3v) is 5.15. The van der Waals surface area contributed by atoms with Gasteiger partial charge in [-0.1, -0.05) is 39.0 Å². The minimum absolute atomic E-state index is 0.180. The van der Waals surface area contributed by atoms with Gasteiger partial charge in [0.15, 0.2) is 5.17 Å². The third-order valence-electron chi connectivity index (χ3n) is 3.89. The number of hydrogen-bond donors (Lipinski definition) is 1. The van der Waals surface area contributed by atoms with E-state index in [0.717, 1.165) is 11.7 Å². The van der Waals surface area contributed by atoms with Crippen LogP contribution >= 0.6 is 11.8 Å². The molecule has 0 aromatic heterocycles. The van der Waals surface area contributed by atoms with Gasteiger partial charge in [0.05, 0.1) is 0 Å². The Hall–Kier alpha value is -0.180. The van der Waals surface area contributed by atoms with E-state index in [4.69, 9.17) is 4.99 Å². The lowest BCUT2D eigenvalue weighted by Crippen LogP contribution is -2.44. The Labute approximate surface area is 111 Å². The molecule has 0 aromatic rings. The fraction of sp³-hybridized carbons (Fsp3) is 0.929. The molecule has 0 spiro atoms. The number of nitrogens with one attached hydrogen (secondary N) is 1. The second-order valence-corrected chi connectivity index (χ2v) is 6.84. The summed E-state index contributed by atoms with van der Waals surface area (Å²) >= 11 is 1.91. The molecule has 1 aliphatic heterocycles. The average molecular weight is 256 g/mol. The number of aliphatic imine (C=N–C) groups is 1. The van der Waals surface area contributed by atoms with Crippen molar-refractivity contribution in [2.24, 2.45) is 10.4 Å². The van der Waals surface area contributed by atoms with Gasteiger partial charge in [0.1, 0.15) is 0 Å². The number of amidine groups is 1. The Morgan fingerprint density at radius 3 is 2.35 bits per heavy atom. The van der Waals surface area contributed by atoms with Crippen LogP contribution in [-0.4, -0.2) is 23.0 Å². The summed E-state index contributed by atoms with van der Waals surface area (Å²) in [6.07, 6.45) is 4.89. The van der Waals surface area contributed by atoms with E-state index in [2.05, 4.69) is 39.9 Å². The van der Waals surface area contributed by atoms with E-state index in [1.54, 1.807) is 0 Å². The van der Waals surface area contributed by atoms with Crippen LogP contribution < -0.4 is 5.32 Å². The molecule has 100 valence electrons. The van der Waals surface area contributed by atoms with Crippen LogP contribution in [0.4, 0.5) is 0 Å². The van der Waals surface area contributed by atoms with Crippen molar-refractivity contribution in [3.63, 3.8) is 0 Å². The lowest BCUT2D eigenvalue weighted by atomic mass is 9.84. The second-order valence-electron chi connectivity index (χ2n) is 5.88. The van der Waals surface area contributed by atoms with E-state index in [0.29, 0.717) is 5.41 Å². The first kappa shape index (κ1) is 14.9. The van der Waals surface area contributed by atoms with E-state index < -0.39 is 0 Å². The van der Waals surface area contributed by atoms with Crippen LogP contribution in [-0.2, 0) is 0 Å². The molecule has 1 aliphatic rings. The van der Waals surface area contributed by atoms with Crippen molar-refractivity contribution in [3.8, 4) is 0 Å². The summed E-state index contributed by atoms with van der Waals surface area (Å²) in [6.45, 7) is 12.3. The molecular weight excluding hydrogens is 228 g/mol. The highest BCUT2D eigenvalue weighted by atomic mass is 32.2. The van der Waals surface area contributed by atoms with Crippen LogP contribution in [0.25, 0.3) is 0 Å². The summed E-state index contributed by atoms with van der Waals surface area (Å²) in [5, 5.41) is 4.75. The minimum atomic E-state index is 0.180. The summed E-state index contributed by atoms with van der Waals surface area (Å²) in [5.41, 5.74) is 0.629. The Morgan fingerprint density at radius 1 is 1.29 bits per heavy atom. The highest BCUT2D eigenvalue weighted by Gasteiger charge is 2.31. The Bertz CT molecular complexity index is 267. The fourth-order valence-corrected chi connectivity index (χ4v) is 3.73. The Kier molecular flexibility index (Phi) is 5.36. The van der Waals surface area contributed by atoms with E-state index >= 15 is 0 Å². The summed E-state index contributed by atoms with van der Waals surface area (Å²) in [5.74, 6) is 1.22. The van der Waals surface area contributed by atoms with Crippen molar-refractivity contribution >= 4 is 16.9 Å². The summed E-state index contributed by atoms with van der Waals surface area (Å²) < 4.78 is 0. The summed E-state index contributed by atoms with van der Waals surface area (Å²) in [4.78, 5) is 4.76. The first-order chi connectivity index (χ1) is 7.97. The van der Waals surface area contributed by atoms with Gasteiger partial charge in [0.2, 0.25) is 0 Å². The molecule has 1 heterocycles. The molecule has 0 amide bonds. The Morgan fingerprint density at radius 2 is 1.94 bits per heavy atom. The van der Waals surface area contributed by atoms with Crippen molar-refractivity contribution in [3.05, 3.63) is 0 Å². The van der Waals surface area contributed by atoms with Crippen molar-refractivity contribution in [2.75, 3.05) is 12.3 Å². The van der Waals surface area contributed by atoms with E-state index in [1.165, 1.54) is 31.4 Å². The van der Waals surface area contributed by atoms with Crippen molar-refractivity contribution < 1.29 is 0 Å². The van der Waals surface area contributed by atoms with Gasteiger partial charge in [-0.3, -0.25) is 4.99 Å². The number of rotatable bonds is 5. The first-order valence-electron chi connectivity index (χ1n) is 6.92. The highest BCUT2D eigenvalue weighted by Crippen LogP contribution is 2.35. The molecule has 0 saturated heterocycles. The fourth-order valence-electron chi connectivity index (χ4n) is 2.28. The van der Waals surface area contributed by atoms with E-state index in [-0.39, 0.29) is 5.54 Å². The summed E-state index contributed by atoms with van der Waals surface area (Å²) in [6, 6.07) is 0. The number of thioether (sulfide) groups is 1. The number of hydrogen-bond acceptors (Lipinski definition) is 3. The zero-order chi connectivity index (χ0) is 12.9. The maximum atomic E-state index is 4.76. The van der Waals surface area contributed by atoms with Crippen LogP contribution in [0.5, 0.6) is 0 Å². The quantitative estimate of drug-likeness (QED) is 0.802. The zero-order valence-electron chi connectivity index (χ0n) is 12.1. The summed E-state index contributed by atoms with van der Waals surface area (Å²) in [7, 11) is 0. The van der Waals surface area contributed by atoms with Crippen molar-refractivity contribution in [1.82, 2.24) is 5.32 Å². The van der Waals surface area contributed by atoms with Gasteiger partial charge in [-0.2, -0.15) is 0 Å². The normalized spacial score (nSPS) is 19.9.